The normalized spacial score (nSPS) is 10.3. The number of nitrogens with one attached hydrogen (secondary N) is 1. The average molecular weight is 277 g/mol. The van der Waals surface area contributed by atoms with Gasteiger partial charge in [0.15, 0.2) is 0 Å². The van der Waals surface area contributed by atoms with Crippen molar-refractivity contribution < 1.29 is 9.53 Å². The maximum Gasteiger partial charge on any atom is 0.255 e. The van der Waals surface area contributed by atoms with Gasteiger partial charge in [0.2, 0.25) is 0 Å². The van der Waals surface area contributed by atoms with Gasteiger partial charge in [-0.2, -0.15) is 0 Å². The summed E-state index contributed by atoms with van der Waals surface area (Å²) in [6.07, 6.45) is 0. The number of fused-ring (bicyclic) bond motifs is 1. The Morgan fingerprint density at radius 3 is 2.38 bits per heavy atom. The highest BCUT2D eigenvalue weighted by Crippen LogP contribution is 2.33. The Labute approximate surface area is 123 Å². The zero-order chi connectivity index (χ0) is 14.7. The minimum Gasteiger partial charge on any atom is -0.495 e. The lowest BCUT2D eigenvalue weighted by Crippen LogP contribution is -2.12. The molecular weight excluding hydrogens is 262 g/mol. The fourth-order valence-corrected chi connectivity index (χ4v) is 2.33. The number of amides is 1. The highest BCUT2D eigenvalue weighted by Gasteiger charge is 2.12. The third-order valence-electron chi connectivity index (χ3n) is 3.39. The summed E-state index contributed by atoms with van der Waals surface area (Å²) in [5.41, 5.74) is 1.32. The Morgan fingerprint density at radius 1 is 0.905 bits per heavy atom. The molecule has 0 unspecified atom stereocenters. The minimum absolute atomic E-state index is 0.148. The first-order chi connectivity index (χ1) is 10.3. The predicted molar refractivity (Wildman–Crippen MR) is 84.9 cm³/mol. The molecule has 0 radical (unpaired) electrons. The number of rotatable bonds is 3. The van der Waals surface area contributed by atoms with Crippen molar-refractivity contribution in [2.45, 2.75) is 0 Å². The van der Waals surface area contributed by atoms with Gasteiger partial charge in [0.05, 0.1) is 12.8 Å². The number of hydrogen-bond acceptors (Lipinski definition) is 2. The minimum atomic E-state index is -0.148. The molecule has 21 heavy (non-hydrogen) atoms. The van der Waals surface area contributed by atoms with E-state index < -0.39 is 0 Å². The lowest BCUT2D eigenvalue weighted by atomic mass is 10.1. The Morgan fingerprint density at radius 2 is 1.62 bits per heavy atom. The van der Waals surface area contributed by atoms with Crippen LogP contribution in [0.1, 0.15) is 10.4 Å². The largest absolute Gasteiger partial charge is 0.495 e. The van der Waals surface area contributed by atoms with Crippen LogP contribution in [0.25, 0.3) is 10.8 Å². The van der Waals surface area contributed by atoms with E-state index in [9.17, 15) is 4.79 Å². The van der Waals surface area contributed by atoms with Crippen LogP contribution < -0.4 is 10.1 Å². The van der Waals surface area contributed by atoms with Crippen molar-refractivity contribution in [1.29, 1.82) is 0 Å². The van der Waals surface area contributed by atoms with Gasteiger partial charge in [0, 0.05) is 10.9 Å². The summed E-state index contributed by atoms with van der Waals surface area (Å²) < 4.78 is 5.38. The van der Waals surface area contributed by atoms with Gasteiger partial charge < -0.3 is 10.1 Å². The van der Waals surface area contributed by atoms with Gasteiger partial charge >= 0.3 is 0 Å². The molecule has 0 atom stereocenters. The molecule has 3 heteroatoms. The molecule has 0 bridgehead atoms. The van der Waals surface area contributed by atoms with E-state index in [1.807, 2.05) is 54.6 Å². The van der Waals surface area contributed by atoms with Crippen LogP contribution >= 0.6 is 0 Å². The third-order valence-corrected chi connectivity index (χ3v) is 3.39. The van der Waals surface area contributed by atoms with E-state index >= 15 is 0 Å². The molecule has 3 nitrogen and oxygen atoms in total. The van der Waals surface area contributed by atoms with Gasteiger partial charge in [-0.05, 0) is 23.6 Å². The molecule has 3 aromatic carbocycles. The molecule has 0 aliphatic heterocycles. The van der Waals surface area contributed by atoms with Gasteiger partial charge in [-0.1, -0.05) is 48.5 Å². The Kier molecular flexibility index (Phi) is 3.56. The Hall–Kier alpha value is -2.81. The van der Waals surface area contributed by atoms with Gasteiger partial charge in [-0.25, -0.2) is 0 Å². The van der Waals surface area contributed by atoms with Crippen molar-refractivity contribution in [3.63, 3.8) is 0 Å². The fourth-order valence-electron chi connectivity index (χ4n) is 2.33. The number of hydrogen-bond donors (Lipinski definition) is 1. The summed E-state index contributed by atoms with van der Waals surface area (Å²) in [4.78, 5) is 12.4. The van der Waals surface area contributed by atoms with E-state index in [-0.39, 0.29) is 5.91 Å². The first kappa shape index (κ1) is 13.2. The number of methoxy groups -OCH3 is 1. The molecule has 3 aromatic rings. The van der Waals surface area contributed by atoms with E-state index in [2.05, 4.69) is 5.32 Å². The van der Waals surface area contributed by atoms with Crippen LogP contribution in [-0.4, -0.2) is 13.0 Å². The maximum absolute atomic E-state index is 12.4. The van der Waals surface area contributed by atoms with E-state index in [0.717, 1.165) is 10.8 Å². The SMILES string of the molecule is COc1ccc2ccccc2c1NC(=O)c1ccccc1. The molecule has 104 valence electrons. The monoisotopic (exact) mass is 277 g/mol. The average Bonchev–Trinajstić information content (AvgIpc) is 2.56. The molecule has 0 spiro atoms. The highest BCUT2D eigenvalue weighted by molar-refractivity contribution is 6.10. The second-order valence-electron chi connectivity index (χ2n) is 4.68. The molecule has 1 amide bonds. The van der Waals surface area contributed by atoms with Crippen LogP contribution in [0.3, 0.4) is 0 Å². The zero-order valence-electron chi connectivity index (χ0n) is 11.7. The molecule has 0 saturated carbocycles. The topological polar surface area (TPSA) is 38.3 Å². The van der Waals surface area contributed by atoms with Crippen molar-refractivity contribution in [1.82, 2.24) is 0 Å². The Balaban J connectivity index is 2.05. The predicted octanol–water partition coefficient (Wildman–Crippen LogP) is 4.10. The van der Waals surface area contributed by atoms with Crippen LogP contribution in [0.4, 0.5) is 5.69 Å². The molecule has 0 aliphatic carbocycles. The molecule has 1 N–H and O–H groups in total. The maximum atomic E-state index is 12.4. The summed E-state index contributed by atoms with van der Waals surface area (Å²) in [6.45, 7) is 0. The van der Waals surface area contributed by atoms with Gasteiger partial charge in [-0.3, -0.25) is 4.79 Å². The number of benzene rings is 3. The molecule has 0 saturated heterocycles. The van der Waals surface area contributed by atoms with Crippen molar-refractivity contribution in [3.05, 3.63) is 72.3 Å². The first-order valence-corrected chi connectivity index (χ1v) is 6.72. The number of carbonyl (C=O) groups excluding carboxylic acids is 1. The molecular formula is C18H15NO2. The number of carbonyl (C=O) groups is 1. The zero-order valence-corrected chi connectivity index (χ0v) is 11.7. The quantitative estimate of drug-likeness (QED) is 0.782. The third kappa shape index (κ3) is 2.58. The summed E-state index contributed by atoms with van der Waals surface area (Å²) in [6, 6.07) is 20.9. The standard InChI is InChI=1S/C18H15NO2/c1-21-16-12-11-13-7-5-6-10-15(13)17(16)19-18(20)14-8-3-2-4-9-14/h2-12H,1H3,(H,19,20). The van der Waals surface area contributed by atoms with Gasteiger partial charge in [0.1, 0.15) is 5.75 Å². The van der Waals surface area contributed by atoms with Gasteiger partial charge in [-0.15, -0.1) is 0 Å². The van der Waals surface area contributed by atoms with Crippen LogP contribution in [0, 0.1) is 0 Å². The lowest BCUT2D eigenvalue weighted by Gasteiger charge is -2.13. The van der Waals surface area contributed by atoms with Crippen molar-refractivity contribution >= 4 is 22.4 Å². The van der Waals surface area contributed by atoms with E-state index in [1.165, 1.54) is 0 Å². The van der Waals surface area contributed by atoms with Crippen LogP contribution in [0.15, 0.2) is 66.7 Å². The van der Waals surface area contributed by atoms with Crippen LogP contribution in [0.2, 0.25) is 0 Å². The first-order valence-electron chi connectivity index (χ1n) is 6.72. The summed E-state index contributed by atoms with van der Waals surface area (Å²) >= 11 is 0. The second-order valence-corrected chi connectivity index (χ2v) is 4.68. The second kappa shape index (κ2) is 5.67. The lowest BCUT2D eigenvalue weighted by molar-refractivity contribution is 0.102. The van der Waals surface area contributed by atoms with Crippen LogP contribution in [0.5, 0.6) is 5.75 Å². The smallest absolute Gasteiger partial charge is 0.255 e. The highest BCUT2D eigenvalue weighted by atomic mass is 16.5. The summed E-state index contributed by atoms with van der Waals surface area (Å²) in [5, 5.41) is 4.97. The number of ether oxygens (including phenoxy) is 1. The van der Waals surface area contributed by atoms with Crippen molar-refractivity contribution in [3.8, 4) is 5.75 Å². The summed E-state index contributed by atoms with van der Waals surface area (Å²) in [7, 11) is 1.60. The van der Waals surface area contributed by atoms with E-state index in [1.54, 1.807) is 19.2 Å². The fraction of sp³-hybridized carbons (Fsp3) is 0.0556. The molecule has 0 aliphatic rings. The van der Waals surface area contributed by atoms with Crippen LogP contribution in [-0.2, 0) is 0 Å². The van der Waals surface area contributed by atoms with Gasteiger partial charge in [0.25, 0.3) is 5.91 Å². The molecule has 0 aromatic heterocycles. The van der Waals surface area contributed by atoms with E-state index in [0.29, 0.717) is 17.0 Å². The van der Waals surface area contributed by atoms with Crippen molar-refractivity contribution in [2.75, 3.05) is 12.4 Å². The Bertz CT molecular complexity index is 782. The van der Waals surface area contributed by atoms with E-state index in [4.69, 9.17) is 4.74 Å². The number of anilines is 1. The van der Waals surface area contributed by atoms with Crippen molar-refractivity contribution in [2.24, 2.45) is 0 Å². The molecule has 0 fully saturated rings. The molecule has 0 heterocycles. The molecule has 3 rings (SSSR count). The summed E-state index contributed by atoms with van der Waals surface area (Å²) in [5.74, 6) is 0.503.